The van der Waals surface area contributed by atoms with Crippen molar-refractivity contribution in [1.82, 2.24) is 0 Å². The molecule has 0 saturated heterocycles. The van der Waals surface area contributed by atoms with Crippen LogP contribution in [0.5, 0.6) is 5.75 Å². The summed E-state index contributed by atoms with van der Waals surface area (Å²) >= 11 is 7.35. The monoisotopic (exact) mass is 296 g/mol. The number of benzene rings is 1. The predicted octanol–water partition coefficient (Wildman–Crippen LogP) is 3.63. The summed E-state index contributed by atoms with van der Waals surface area (Å²) < 4.78 is 5.33. The quantitative estimate of drug-likeness (QED) is 0.905. The third-order valence-electron chi connectivity index (χ3n) is 2.39. The normalized spacial score (nSPS) is 10.2. The molecule has 3 N–H and O–H groups in total. The lowest BCUT2D eigenvalue weighted by atomic mass is 10.3. The molecule has 2 rings (SSSR count). The number of anilines is 2. The largest absolute Gasteiger partial charge is 0.492 e. The van der Waals surface area contributed by atoms with E-state index in [-0.39, 0.29) is 5.91 Å². The molecule has 1 heterocycles. The SMILES string of the molecule is CCOc1ccc(NC(=O)c2sccc2N)cc1Cl. The molecule has 0 spiro atoms. The smallest absolute Gasteiger partial charge is 0.267 e. The van der Waals surface area contributed by atoms with E-state index in [1.807, 2.05) is 6.92 Å². The Morgan fingerprint density at radius 1 is 1.47 bits per heavy atom. The second-order valence-corrected chi connectivity index (χ2v) is 5.06. The molecule has 0 aliphatic rings. The maximum absolute atomic E-state index is 12.0. The summed E-state index contributed by atoms with van der Waals surface area (Å²) in [6.45, 7) is 2.42. The number of carbonyl (C=O) groups excluding carboxylic acids is 1. The van der Waals surface area contributed by atoms with Crippen LogP contribution < -0.4 is 15.8 Å². The van der Waals surface area contributed by atoms with E-state index in [0.717, 1.165) is 0 Å². The van der Waals surface area contributed by atoms with E-state index >= 15 is 0 Å². The maximum Gasteiger partial charge on any atom is 0.267 e. The fourth-order valence-corrected chi connectivity index (χ4v) is 2.49. The number of ether oxygens (including phenoxy) is 1. The minimum atomic E-state index is -0.243. The standard InChI is InChI=1S/C13H13ClN2O2S/c1-2-18-11-4-3-8(7-9(11)14)16-13(17)12-10(15)5-6-19-12/h3-7H,2,15H2,1H3,(H,16,17). The summed E-state index contributed by atoms with van der Waals surface area (Å²) in [6, 6.07) is 6.80. The van der Waals surface area contributed by atoms with Crippen LogP contribution in [-0.2, 0) is 0 Å². The van der Waals surface area contributed by atoms with Gasteiger partial charge in [0.15, 0.2) is 0 Å². The molecule has 6 heteroatoms. The molecule has 19 heavy (non-hydrogen) atoms. The molecule has 0 aliphatic carbocycles. The Morgan fingerprint density at radius 3 is 2.84 bits per heavy atom. The lowest BCUT2D eigenvalue weighted by molar-refractivity contribution is 0.103. The van der Waals surface area contributed by atoms with Crippen molar-refractivity contribution in [3.8, 4) is 5.75 Å². The minimum absolute atomic E-state index is 0.243. The fraction of sp³-hybridized carbons (Fsp3) is 0.154. The van der Waals surface area contributed by atoms with Crippen molar-refractivity contribution in [3.05, 3.63) is 39.5 Å². The van der Waals surface area contributed by atoms with E-state index in [4.69, 9.17) is 22.1 Å². The van der Waals surface area contributed by atoms with Crippen LogP contribution in [0.1, 0.15) is 16.6 Å². The highest BCUT2D eigenvalue weighted by atomic mass is 35.5. The summed E-state index contributed by atoms with van der Waals surface area (Å²) in [6.07, 6.45) is 0. The van der Waals surface area contributed by atoms with Gasteiger partial charge < -0.3 is 15.8 Å². The maximum atomic E-state index is 12.0. The Morgan fingerprint density at radius 2 is 2.26 bits per heavy atom. The molecule has 1 aromatic carbocycles. The molecule has 0 saturated carbocycles. The number of thiophene rings is 1. The number of carbonyl (C=O) groups is 1. The summed E-state index contributed by atoms with van der Waals surface area (Å²) in [5.74, 6) is 0.352. The molecule has 4 nitrogen and oxygen atoms in total. The number of amides is 1. The van der Waals surface area contributed by atoms with Crippen LogP contribution in [0.4, 0.5) is 11.4 Å². The van der Waals surface area contributed by atoms with Gasteiger partial charge in [0.25, 0.3) is 5.91 Å². The topological polar surface area (TPSA) is 64.3 Å². The highest BCUT2D eigenvalue weighted by Crippen LogP contribution is 2.28. The Labute approximate surface area is 120 Å². The van der Waals surface area contributed by atoms with E-state index in [1.165, 1.54) is 11.3 Å². The Kier molecular flexibility index (Phi) is 4.29. The van der Waals surface area contributed by atoms with Crippen molar-refractivity contribution in [2.75, 3.05) is 17.7 Å². The van der Waals surface area contributed by atoms with Gasteiger partial charge in [0.1, 0.15) is 10.6 Å². The zero-order valence-corrected chi connectivity index (χ0v) is 11.8. The highest BCUT2D eigenvalue weighted by molar-refractivity contribution is 7.12. The van der Waals surface area contributed by atoms with Gasteiger partial charge in [0, 0.05) is 5.69 Å². The molecule has 0 radical (unpaired) electrons. The lowest BCUT2D eigenvalue weighted by Crippen LogP contribution is -2.11. The summed E-state index contributed by atoms with van der Waals surface area (Å²) in [5.41, 5.74) is 6.77. The van der Waals surface area contributed by atoms with Crippen LogP contribution in [0.2, 0.25) is 5.02 Å². The number of nitrogen functional groups attached to an aromatic ring is 1. The third kappa shape index (κ3) is 3.19. The van der Waals surface area contributed by atoms with E-state index in [9.17, 15) is 4.79 Å². The van der Waals surface area contributed by atoms with Crippen LogP contribution in [0.25, 0.3) is 0 Å². The first-order chi connectivity index (χ1) is 9.11. The molecular weight excluding hydrogens is 284 g/mol. The summed E-state index contributed by atoms with van der Waals surface area (Å²) in [7, 11) is 0. The first-order valence-electron chi connectivity index (χ1n) is 5.68. The number of hydrogen-bond acceptors (Lipinski definition) is 4. The zero-order valence-electron chi connectivity index (χ0n) is 10.3. The molecule has 0 atom stereocenters. The lowest BCUT2D eigenvalue weighted by Gasteiger charge is -2.08. The van der Waals surface area contributed by atoms with Crippen molar-refractivity contribution >= 4 is 40.2 Å². The van der Waals surface area contributed by atoms with Gasteiger partial charge in [0.2, 0.25) is 0 Å². The molecule has 1 amide bonds. The Balaban J connectivity index is 2.14. The molecule has 0 unspecified atom stereocenters. The van der Waals surface area contributed by atoms with Crippen molar-refractivity contribution in [3.63, 3.8) is 0 Å². The Hall–Kier alpha value is -1.72. The number of nitrogens with two attached hydrogens (primary N) is 1. The number of nitrogens with one attached hydrogen (secondary N) is 1. The average molecular weight is 297 g/mol. The number of halogens is 1. The van der Waals surface area contributed by atoms with E-state index in [2.05, 4.69) is 5.32 Å². The average Bonchev–Trinajstić information content (AvgIpc) is 2.79. The van der Waals surface area contributed by atoms with Crippen LogP contribution in [0, 0.1) is 0 Å². The van der Waals surface area contributed by atoms with Gasteiger partial charge in [-0.15, -0.1) is 11.3 Å². The molecule has 1 aromatic heterocycles. The Bertz CT molecular complexity index is 598. The molecular formula is C13H13ClN2O2S. The molecule has 2 aromatic rings. The van der Waals surface area contributed by atoms with Crippen molar-refractivity contribution in [1.29, 1.82) is 0 Å². The first-order valence-corrected chi connectivity index (χ1v) is 6.94. The van der Waals surface area contributed by atoms with E-state index in [0.29, 0.717) is 33.6 Å². The molecule has 0 aliphatic heterocycles. The molecule has 100 valence electrons. The second-order valence-electron chi connectivity index (χ2n) is 3.74. The van der Waals surface area contributed by atoms with Crippen LogP contribution in [-0.4, -0.2) is 12.5 Å². The third-order valence-corrected chi connectivity index (χ3v) is 3.62. The fourth-order valence-electron chi connectivity index (χ4n) is 1.54. The van der Waals surface area contributed by atoms with Crippen molar-refractivity contribution in [2.45, 2.75) is 6.92 Å². The van der Waals surface area contributed by atoms with Gasteiger partial charge in [-0.2, -0.15) is 0 Å². The van der Waals surface area contributed by atoms with Gasteiger partial charge in [-0.1, -0.05) is 11.6 Å². The van der Waals surface area contributed by atoms with Gasteiger partial charge in [0.05, 0.1) is 17.3 Å². The van der Waals surface area contributed by atoms with Crippen LogP contribution in [0.3, 0.4) is 0 Å². The highest BCUT2D eigenvalue weighted by Gasteiger charge is 2.12. The predicted molar refractivity (Wildman–Crippen MR) is 79.3 cm³/mol. The molecule has 0 bridgehead atoms. The van der Waals surface area contributed by atoms with E-state index in [1.54, 1.807) is 29.6 Å². The van der Waals surface area contributed by atoms with Crippen LogP contribution in [0.15, 0.2) is 29.6 Å². The van der Waals surface area contributed by atoms with Crippen molar-refractivity contribution in [2.24, 2.45) is 0 Å². The van der Waals surface area contributed by atoms with Gasteiger partial charge >= 0.3 is 0 Å². The van der Waals surface area contributed by atoms with Crippen molar-refractivity contribution < 1.29 is 9.53 Å². The summed E-state index contributed by atoms with van der Waals surface area (Å²) in [5, 5.41) is 4.98. The second kappa shape index (κ2) is 5.95. The van der Waals surface area contributed by atoms with Gasteiger partial charge in [-0.3, -0.25) is 4.79 Å². The number of rotatable bonds is 4. The first kappa shape index (κ1) is 13.7. The zero-order chi connectivity index (χ0) is 13.8. The van der Waals surface area contributed by atoms with Gasteiger partial charge in [-0.25, -0.2) is 0 Å². The number of hydrogen-bond donors (Lipinski definition) is 2. The summed E-state index contributed by atoms with van der Waals surface area (Å²) in [4.78, 5) is 12.5. The minimum Gasteiger partial charge on any atom is -0.492 e. The van der Waals surface area contributed by atoms with Crippen LogP contribution >= 0.6 is 22.9 Å². The van der Waals surface area contributed by atoms with Gasteiger partial charge in [-0.05, 0) is 36.6 Å². The molecule has 0 fully saturated rings. The van der Waals surface area contributed by atoms with E-state index < -0.39 is 0 Å².